The summed E-state index contributed by atoms with van der Waals surface area (Å²) in [4.78, 5) is 4.03. The van der Waals surface area contributed by atoms with Gasteiger partial charge in [-0.1, -0.05) is 0 Å². The lowest BCUT2D eigenvalue weighted by Crippen LogP contribution is -2.29. The molecule has 0 radical (unpaired) electrons. The molecule has 0 saturated heterocycles. The minimum absolute atomic E-state index is 0.421. The van der Waals surface area contributed by atoms with E-state index in [-0.39, 0.29) is 0 Å². The Bertz CT molecular complexity index is 355. The van der Waals surface area contributed by atoms with Gasteiger partial charge in [-0.05, 0) is 28.1 Å². The Morgan fingerprint density at radius 3 is 2.64 bits per heavy atom. The van der Waals surface area contributed by atoms with Crippen LogP contribution in [0, 0.1) is 5.21 Å². The van der Waals surface area contributed by atoms with Crippen molar-refractivity contribution in [3.05, 3.63) is 33.7 Å². The molecule has 76 valence electrons. The Morgan fingerprint density at radius 2 is 2.14 bits per heavy atom. The standard InChI is InChI=1S/C10H13BrN2O/c1-10(2,3)13(14)7-8-5-4-6-12-9(8)11/h4-7H,1-3H3/b13-7-. The first-order valence-corrected chi connectivity index (χ1v) is 5.12. The number of pyridine rings is 1. The molecule has 0 aliphatic rings. The van der Waals surface area contributed by atoms with Gasteiger partial charge < -0.3 is 5.21 Å². The highest BCUT2D eigenvalue weighted by Crippen LogP contribution is 2.12. The molecule has 0 N–H and O–H groups in total. The number of hydroxylamine groups is 1. The van der Waals surface area contributed by atoms with Crippen LogP contribution in [0.3, 0.4) is 0 Å². The van der Waals surface area contributed by atoms with Gasteiger partial charge in [0.2, 0.25) is 0 Å². The lowest BCUT2D eigenvalue weighted by molar-refractivity contribution is -0.530. The molecule has 1 aromatic heterocycles. The van der Waals surface area contributed by atoms with E-state index in [0.29, 0.717) is 4.60 Å². The Hall–Kier alpha value is -0.900. The third-order valence-corrected chi connectivity index (χ3v) is 2.37. The van der Waals surface area contributed by atoms with Crippen LogP contribution in [-0.2, 0) is 0 Å². The minimum Gasteiger partial charge on any atom is -0.623 e. The molecule has 0 amide bonds. The molecule has 14 heavy (non-hydrogen) atoms. The molecule has 0 aliphatic carbocycles. The molecular formula is C10H13BrN2O. The highest BCUT2D eigenvalue weighted by atomic mass is 79.9. The van der Waals surface area contributed by atoms with Gasteiger partial charge in [0.25, 0.3) is 0 Å². The molecule has 0 saturated carbocycles. The Kier molecular flexibility index (Phi) is 3.26. The van der Waals surface area contributed by atoms with Crippen LogP contribution in [0.25, 0.3) is 0 Å². The summed E-state index contributed by atoms with van der Waals surface area (Å²) in [5.74, 6) is 0. The zero-order chi connectivity index (χ0) is 10.8. The van der Waals surface area contributed by atoms with Crippen LogP contribution in [0.1, 0.15) is 26.3 Å². The van der Waals surface area contributed by atoms with Crippen molar-refractivity contribution < 1.29 is 4.74 Å². The smallest absolute Gasteiger partial charge is 0.184 e. The third kappa shape index (κ3) is 2.80. The summed E-state index contributed by atoms with van der Waals surface area (Å²) in [6, 6.07) is 3.64. The van der Waals surface area contributed by atoms with Crippen LogP contribution < -0.4 is 0 Å². The fourth-order valence-electron chi connectivity index (χ4n) is 0.815. The van der Waals surface area contributed by atoms with Crippen molar-refractivity contribution >= 4 is 22.1 Å². The molecule has 0 aromatic carbocycles. The lowest BCUT2D eigenvalue weighted by atomic mass is 10.1. The highest BCUT2D eigenvalue weighted by Gasteiger charge is 2.18. The maximum atomic E-state index is 11.6. The van der Waals surface area contributed by atoms with E-state index < -0.39 is 5.54 Å². The van der Waals surface area contributed by atoms with Crippen LogP contribution in [0.2, 0.25) is 0 Å². The normalized spacial score (nSPS) is 13.0. The van der Waals surface area contributed by atoms with Gasteiger partial charge in [0.05, 0.1) is 5.56 Å². The lowest BCUT2D eigenvalue weighted by Gasteiger charge is -2.18. The van der Waals surface area contributed by atoms with Crippen molar-refractivity contribution in [1.29, 1.82) is 0 Å². The van der Waals surface area contributed by atoms with E-state index in [1.54, 1.807) is 12.3 Å². The number of hydrogen-bond acceptors (Lipinski definition) is 2. The molecule has 4 heteroatoms. The number of rotatable bonds is 1. The van der Waals surface area contributed by atoms with Gasteiger partial charge in [-0.25, -0.2) is 9.72 Å². The fourth-order valence-corrected chi connectivity index (χ4v) is 1.17. The first kappa shape index (κ1) is 11.2. The molecule has 0 aliphatic heterocycles. The van der Waals surface area contributed by atoms with Gasteiger partial charge in [0, 0.05) is 27.0 Å². The summed E-state index contributed by atoms with van der Waals surface area (Å²) < 4.78 is 1.61. The van der Waals surface area contributed by atoms with Crippen LogP contribution in [-0.4, -0.2) is 21.5 Å². The van der Waals surface area contributed by atoms with Crippen LogP contribution in [0.4, 0.5) is 0 Å². The van der Waals surface area contributed by atoms with E-state index in [1.165, 1.54) is 6.21 Å². The van der Waals surface area contributed by atoms with Crippen molar-refractivity contribution in [2.24, 2.45) is 0 Å². The molecule has 1 aromatic rings. The molecule has 0 unspecified atom stereocenters. The van der Waals surface area contributed by atoms with Crippen molar-refractivity contribution in [2.75, 3.05) is 0 Å². The zero-order valence-electron chi connectivity index (χ0n) is 8.49. The van der Waals surface area contributed by atoms with Crippen LogP contribution in [0.15, 0.2) is 22.9 Å². The second-order valence-electron chi connectivity index (χ2n) is 4.01. The second-order valence-corrected chi connectivity index (χ2v) is 4.76. The molecule has 3 nitrogen and oxygen atoms in total. The molecule has 0 atom stereocenters. The molecule has 0 spiro atoms. The van der Waals surface area contributed by atoms with Crippen LogP contribution in [0.5, 0.6) is 0 Å². The van der Waals surface area contributed by atoms with E-state index >= 15 is 0 Å². The summed E-state index contributed by atoms with van der Waals surface area (Å²) in [5.41, 5.74) is 0.368. The third-order valence-electron chi connectivity index (χ3n) is 1.71. The summed E-state index contributed by atoms with van der Waals surface area (Å²) in [6.07, 6.45) is 3.21. The molecule has 0 fully saturated rings. The predicted octanol–water partition coefficient (Wildman–Crippen LogP) is 2.57. The number of halogens is 1. The first-order chi connectivity index (χ1) is 6.41. The number of hydrogen-bond donors (Lipinski definition) is 0. The van der Waals surface area contributed by atoms with E-state index in [4.69, 9.17) is 0 Å². The summed E-state index contributed by atoms with van der Waals surface area (Å²) in [5, 5.41) is 11.6. The van der Waals surface area contributed by atoms with E-state index in [9.17, 15) is 5.21 Å². The van der Waals surface area contributed by atoms with E-state index in [2.05, 4.69) is 20.9 Å². The number of aromatic nitrogens is 1. The van der Waals surface area contributed by atoms with E-state index in [1.807, 2.05) is 26.8 Å². The Labute approximate surface area is 92.2 Å². The molecule has 0 bridgehead atoms. The largest absolute Gasteiger partial charge is 0.623 e. The van der Waals surface area contributed by atoms with Crippen molar-refractivity contribution in [1.82, 2.24) is 4.98 Å². The van der Waals surface area contributed by atoms with Gasteiger partial charge >= 0.3 is 0 Å². The van der Waals surface area contributed by atoms with Crippen molar-refractivity contribution in [3.63, 3.8) is 0 Å². The zero-order valence-corrected chi connectivity index (χ0v) is 10.1. The first-order valence-electron chi connectivity index (χ1n) is 4.33. The average molecular weight is 257 g/mol. The minimum atomic E-state index is -0.421. The fraction of sp³-hybridized carbons (Fsp3) is 0.400. The van der Waals surface area contributed by atoms with Gasteiger partial charge in [0.1, 0.15) is 4.60 Å². The predicted molar refractivity (Wildman–Crippen MR) is 60.5 cm³/mol. The quantitative estimate of drug-likeness (QED) is 0.255. The molecule has 1 rings (SSSR count). The average Bonchev–Trinajstić information content (AvgIpc) is 2.07. The summed E-state index contributed by atoms with van der Waals surface area (Å²) in [6.45, 7) is 5.59. The topological polar surface area (TPSA) is 39.0 Å². The maximum absolute atomic E-state index is 11.6. The van der Waals surface area contributed by atoms with Gasteiger partial charge in [0.15, 0.2) is 11.8 Å². The van der Waals surface area contributed by atoms with E-state index in [0.717, 1.165) is 10.3 Å². The SMILES string of the molecule is CC(C)(C)/[N+]([O-])=C/c1cccnc1Br. The van der Waals surface area contributed by atoms with Gasteiger partial charge in [-0.3, -0.25) is 0 Å². The number of nitrogens with zero attached hydrogens (tertiary/aromatic N) is 2. The highest BCUT2D eigenvalue weighted by molar-refractivity contribution is 9.10. The van der Waals surface area contributed by atoms with Crippen LogP contribution >= 0.6 is 15.9 Å². The van der Waals surface area contributed by atoms with Gasteiger partial charge in [-0.2, -0.15) is 0 Å². The summed E-state index contributed by atoms with van der Waals surface area (Å²) in [7, 11) is 0. The van der Waals surface area contributed by atoms with Crippen molar-refractivity contribution in [3.8, 4) is 0 Å². The Balaban J connectivity index is 3.04. The maximum Gasteiger partial charge on any atom is 0.184 e. The van der Waals surface area contributed by atoms with Gasteiger partial charge in [-0.15, -0.1) is 0 Å². The van der Waals surface area contributed by atoms with Crippen molar-refractivity contribution in [2.45, 2.75) is 26.3 Å². The Morgan fingerprint density at radius 1 is 1.50 bits per heavy atom. The monoisotopic (exact) mass is 256 g/mol. The molecule has 1 heterocycles. The summed E-state index contributed by atoms with van der Waals surface area (Å²) >= 11 is 3.28. The second kappa shape index (κ2) is 4.09. The molecular weight excluding hydrogens is 244 g/mol.